The van der Waals surface area contributed by atoms with Crippen molar-refractivity contribution in [2.75, 3.05) is 6.61 Å². The van der Waals surface area contributed by atoms with E-state index >= 15 is 0 Å². The third-order valence-electron chi connectivity index (χ3n) is 3.86. The molecule has 0 atom stereocenters. The molecule has 2 nitrogen and oxygen atoms in total. The van der Waals surface area contributed by atoms with Crippen molar-refractivity contribution in [1.82, 2.24) is 0 Å². The highest BCUT2D eigenvalue weighted by Gasteiger charge is 2.36. The maximum Gasteiger partial charge on any atom is 0.192 e. The first-order chi connectivity index (χ1) is 9.83. The largest absolute Gasteiger partial charge is 0.497 e. The number of allylic oxidation sites excluding steroid dienone is 2. The van der Waals surface area contributed by atoms with Crippen LogP contribution in [0, 0.1) is 0 Å². The Labute approximate surface area is 130 Å². The first kappa shape index (κ1) is 17.7. The van der Waals surface area contributed by atoms with Crippen LogP contribution in [-0.2, 0) is 15.8 Å². The Kier molecular flexibility index (Phi) is 6.92. The van der Waals surface area contributed by atoms with Gasteiger partial charge in [0.2, 0.25) is 0 Å². The van der Waals surface area contributed by atoms with Gasteiger partial charge in [-0.2, -0.15) is 0 Å². The number of rotatable bonds is 7. The summed E-state index contributed by atoms with van der Waals surface area (Å²) in [6, 6.07) is 10.1. The first-order valence-corrected chi connectivity index (χ1v) is 10.3. The van der Waals surface area contributed by atoms with Gasteiger partial charge in [0.25, 0.3) is 0 Å². The second-order valence-electron chi connectivity index (χ2n) is 6.62. The van der Waals surface area contributed by atoms with Gasteiger partial charge in [-0.05, 0) is 29.8 Å². The van der Waals surface area contributed by atoms with Gasteiger partial charge >= 0.3 is 0 Å². The van der Waals surface area contributed by atoms with E-state index in [1.54, 1.807) is 6.26 Å². The maximum absolute atomic E-state index is 6.05. The zero-order chi connectivity index (χ0) is 15.8. The zero-order valence-corrected chi connectivity index (χ0v) is 14.9. The normalized spacial score (nSPS) is 13.2. The molecular weight excluding hydrogens is 276 g/mol. The number of benzene rings is 1. The SMILES string of the molecule is CC(C)(C)[Si](C)(C)OC/C=C/C=C/OCc1ccccc1. The Balaban J connectivity index is 2.22. The van der Waals surface area contributed by atoms with E-state index in [0.717, 1.165) is 0 Å². The second kappa shape index (κ2) is 8.20. The van der Waals surface area contributed by atoms with Crippen molar-refractivity contribution in [3.63, 3.8) is 0 Å². The fourth-order valence-corrected chi connectivity index (χ4v) is 2.37. The lowest BCUT2D eigenvalue weighted by atomic mass is 10.2. The van der Waals surface area contributed by atoms with Gasteiger partial charge < -0.3 is 9.16 Å². The van der Waals surface area contributed by atoms with E-state index in [1.165, 1.54) is 5.56 Å². The van der Waals surface area contributed by atoms with E-state index in [-0.39, 0.29) is 5.04 Å². The Morgan fingerprint density at radius 3 is 2.33 bits per heavy atom. The quantitative estimate of drug-likeness (QED) is 0.387. The molecule has 0 spiro atoms. The molecule has 0 amide bonds. The Morgan fingerprint density at radius 2 is 1.71 bits per heavy atom. The van der Waals surface area contributed by atoms with Crippen molar-refractivity contribution >= 4 is 8.32 Å². The molecule has 0 aliphatic heterocycles. The van der Waals surface area contributed by atoms with Gasteiger partial charge in [0.15, 0.2) is 8.32 Å². The summed E-state index contributed by atoms with van der Waals surface area (Å²) in [4.78, 5) is 0. The van der Waals surface area contributed by atoms with Crippen molar-refractivity contribution in [1.29, 1.82) is 0 Å². The number of ether oxygens (including phenoxy) is 1. The van der Waals surface area contributed by atoms with E-state index in [9.17, 15) is 0 Å². The minimum atomic E-state index is -1.63. The molecule has 0 saturated carbocycles. The van der Waals surface area contributed by atoms with Crippen molar-refractivity contribution in [3.05, 3.63) is 60.4 Å². The van der Waals surface area contributed by atoms with Gasteiger partial charge in [-0.3, -0.25) is 0 Å². The van der Waals surface area contributed by atoms with Crippen LogP contribution in [0.4, 0.5) is 0 Å². The molecule has 0 fully saturated rings. The molecular formula is C18H28O2Si. The average Bonchev–Trinajstić information content (AvgIpc) is 2.41. The van der Waals surface area contributed by atoms with Crippen molar-refractivity contribution in [2.45, 2.75) is 45.5 Å². The van der Waals surface area contributed by atoms with E-state index in [4.69, 9.17) is 9.16 Å². The number of hydrogen-bond donors (Lipinski definition) is 0. The smallest absolute Gasteiger partial charge is 0.192 e. The molecule has 0 radical (unpaired) electrons. The molecule has 1 aromatic rings. The van der Waals surface area contributed by atoms with Crippen LogP contribution in [0.3, 0.4) is 0 Å². The lowest BCUT2D eigenvalue weighted by molar-refractivity contribution is 0.236. The van der Waals surface area contributed by atoms with Crippen LogP contribution in [0.1, 0.15) is 26.3 Å². The Hall–Kier alpha value is -1.32. The monoisotopic (exact) mass is 304 g/mol. The van der Waals surface area contributed by atoms with Crippen LogP contribution in [0.5, 0.6) is 0 Å². The van der Waals surface area contributed by atoms with Crippen LogP contribution in [0.15, 0.2) is 54.8 Å². The molecule has 0 unspecified atom stereocenters. The third kappa shape index (κ3) is 6.78. The van der Waals surface area contributed by atoms with Crippen molar-refractivity contribution in [3.8, 4) is 0 Å². The summed E-state index contributed by atoms with van der Waals surface area (Å²) in [6.45, 7) is 12.5. The summed E-state index contributed by atoms with van der Waals surface area (Å²) in [7, 11) is -1.63. The molecule has 0 aromatic heterocycles. The lowest BCUT2D eigenvalue weighted by Gasteiger charge is -2.35. The van der Waals surface area contributed by atoms with Crippen molar-refractivity contribution in [2.24, 2.45) is 0 Å². The molecule has 1 rings (SSSR count). The van der Waals surface area contributed by atoms with Gasteiger partial charge in [0.05, 0.1) is 12.9 Å². The minimum Gasteiger partial charge on any atom is -0.497 e. The molecule has 1 aromatic carbocycles. The Bertz CT molecular complexity index is 456. The fraction of sp³-hybridized carbons (Fsp3) is 0.444. The van der Waals surface area contributed by atoms with Gasteiger partial charge in [-0.15, -0.1) is 0 Å². The summed E-state index contributed by atoms with van der Waals surface area (Å²) in [5, 5.41) is 0.259. The highest BCUT2D eigenvalue weighted by molar-refractivity contribution is 6.74. The topological polar surface area (TPSA) is 18.5 Å². The van der Waals surface area contributed by atoms with Gasteiger partial charge in [-0.25, -0.2) is 0 Å². The predicted octanol–water partition coefficient (Wildman–Crippen LogP) is 5.29. The first-order valence-electron chi connectivity index (χ1n) is 7.44. The molecule has 116 valence electrons. The third-order valence-corrected chi connectivity index (χ3v) is 8.36. The molecule has 0 aliphatic rings. The average molecular weight is 305 g/mol. The fourth-order valence-electron chi connectivity index (χ4n) is 1.43. The van der Waals surface area contributed by atoms with Crippen LogP contribution >= 0.6 is 0 Å². The van der Waals surface area contributed by atoms with Gasteiger partial charge in [0.1, 0.15) is 6.61 Å². The number of hydrogen-bond acceptors (Lipinski definition) is 2. The van der Waals surface area contributed by atoms with Crippen LogP contribution in [0.25, 0.3) is 0 Å². The summed E-state index contributed by atoms with van der Waals surface area (Å²) < 4.78 is 11.5. The maximum atomic E-state index is 6.05. The van der Waals surface area contributed by atoms with Crippen LogP contribution in [-0.4, -0.2) is 14.9 Å². The van der Waals surface area contributed by atoms with Crippen molar-refractivity contribution < 1.29 is 9.16 Å². The predicted molar refractivity (Wildman–Crippen MR) is 92.7 cm³/mol. The highest BCUT2D eigenvalue weighted by Crippen LogP contribution is 2.36. The van der Waals surface area contributed by atoms with Crippen LogP contribution in [0.2, 0.25) is 18.1 Å². The summed E-state index contributed by atoms with van der Waals surface area (Å²) >= 11 is 0. The highest BCUT2D eigenvalue weighted by atomic mass is 28.4. The van der Waals surface area contributed by atoms with Crippen LogP contribution < -0.4 is 0 Å². The summed E-state index contributed by atoms with van der Waals surface area (Å²) in [5.41, 5.74) is 1.17. The lowest BCUT2D eigenvalue weighted by Crippen LogP contribution is -2.40. The van der Waals surface area contributed by atoms with Gasteiger partial charge in [0, 0.05) is 0 Å². The molecule has 0 N–H and O–H groups in total. The molecule has 21 heavy (non-hydrogen) atoms. The molecule has 3 heteroatoms. The summed E-state index contributed by atoms with van der Waals surface area (Å²) in [5.74, 6) is 0. The molecule has 0 bridgehead atoms. The standard InChI is InChI=1S/C18H28O2Si/c1-18(2,3)21(4,5)20-15-11-7-10-14-19-16-17-12-8-6-9-13-17/h6-14H,15-16H2,1-5H3/b11-7+,14-10+. The zero-order valence-electron chi connectivity index (χ0n) is 13.9. The van der Waals surface area contributed by atoms with E-state index < -0.39 is 8.32 Å². The van der Waals surface area contributed by atoms with E-state index in [1.807, 2.05) is 36.4 Å². The molecule has 0 heterocycles. The Morgan fingerprint density at radius 1 is 1.05 bits per heavy atom. The van der Waals surface area contributed by atoms with Gasteiger partial charge in [-0.1, -0.05) is 63.3 Å². The van der Waals surface area contributed by atoms with E-state index in [0.29, 0.717) is 13.2 Å². The summed E-state index contributed by atoms with van der Waals surface area (Å²) in [6.07, 6.45) is 7.62. The van der Waals surface area contributed by atoms with E-state index in [2.05, 4.69) is 46.0 Å². The molecule has 0 aliphatic carbocycles. The second-order valence-corrected chi connectivity index (χ2v) is 11.4. The minimum absolute atomic E-state index is 0.259. The molecule has 0 saturated heterocycles.